The van der Waals surface area contributed by atoms with E-state index >= 15 is 0 Å². The third kappa shape index (κ3) is 6.50. The highest BCUT2D eigenvalue weighted by Gasteiger charge is 1.88. The molecular formula is C5H12OS2. The Kier molecular flexibility index (Phi) is 5.99. The lowest BCUT2D eigenvalue weighted by Gasteiger charge is -1.91. The van der Waals surface area contributed by atoms with Crippen molar-refractivity contribution in [2.45, 2.75) is 12.8 Å². The molecule has 0 saturated heterocycles. The van der Waals surface area contributed by atoms with Gasteiger partial charge in [-0.1, -0.05) is 0 Å². The summed E-state index contributed by atoms with van der Waals surface area (Å²) in [6.07, 6.45) is 3.87. The maximum Gasteiger partial charge on any atom is 0.0232 e. The first-order valence-corrected chi connectivity index (χ1v) is 5.04. The van der Waals surface area contributed by atoms with Crippen molar-refractivity contribution in [3.05, 3.63) is 0 Å². The lowest BCUT2D eigenvalue weighted by molar-refractivity contribution is 0.683. The lowest BCUT2D eigenvalue weighted by atomic mass is 10.4. The molecule has 0 aromatic rings. The second kappa shape index (κ2) is 5.63. The SMILES string of the molecule is CS(=O)CCCCS. The molecule has 0 spiro atoms. The van der Waals surface area contributed by atoms with Gasteiger partial charge in [-0.05, 0) is 18.6 Å². The average molecular weight is 152 g/mol. The highest BCUT2D eigenvalue weighted by atomic mass is 32.2. The van der Waals surface area contributed by atoms with Crippen LogP contribution in [0.1, 0.15) is 12.8 Å². The van der Waals surface area contributed by atoms with Gasteiger partial charge in [0.05, 0.1) is 0 Å². The highest BCUT2D eigenvalue weighted by Crippen LogP contribution is 1.91. The van der Waals surface area contributed by atoms with Crippen molar-refractivity contribution in [3.8, 4) is 0 Å². The minimum absolute atomic E-state index is 0.601. The van der Waals surface area contributed by atoms with E-state index in [1.54, 1.807) is 6.26 Å². The normalized spacial score (nSPS) is 13.8. The third-order valence-corrected chi connectivity index (χ3v) is 2.02. The first-order valence-electron chi connectivity index (χ1n) is 2.68. The number of hydrogen-bond acceptors (Lipinski definition) is 2. The molecule has 0 rings (SSSR count). The van der Waals surface area contributed by atoms with Crippen molar-refractivity contribution in [3.63, 3.8) is 0 Å². The van der Waals surface area contributed by atoms with Gasteiger partial charge < -0.3 is 0 Å². The molecule has 0 amide bonds. The molecule has 0 heterocycles. The van der Waals surface area contributed by atoms with Crippen LogP contribution < -0.4 is 0 Å². The van der Waals surface area contributed by atoms with Crippen LogP contribution in [0.4, 0.5) is 0 Å². The van der Waals surface area contributed by atoms with Gasteiger partial charge in [-0.25, -0.2) is 0 Å². The molecule has 0 aliphatic rings. The Morgan fingerprint density at radius 2 is 2.12 bits per heavy atom. The minimum Gasteiger partial charge on any atom is -0.260 e. The molecule has 0 saturated carbocycles. The Hall–Kier alpha value is 0.500. The molecule has 3 heteroatoms. The van der Waals surface area contributed by atoms with E-state index in [0.29, 0.717) is 0 Å². The van der Waals surface area contributed by atoms with Gasteiger partial charge in [0.15, 0.2) is 0 Å². The summed E-state index contributed by atoms with van der Waals surface area (Å²) in [5.74, 6) is 1.75. The summed E-state index contributed by atoms with van der Waals surface area (Å²) < 4.78 is 10.4. The fourth-order valence-corrected chi connectivity index (χ4v) is 1.25. The van der Waals surface area contributed by atoms with E-state index in [4.69, 9.17) is 0 Å². The summed E-state index contributed by atoms with van der Waals surface area (Å²) in [7, 11) is -0.601. The Bertz CT molecular complexity index is 72.8. The van der Waals surface area contributed by atoms with E-state index in [1.807, 2.05) is 0 Å². The molecule has 0 aromatic carbocycles. The molecule has 50 valence electrons. The maximum atomic E-state index is 10.4. The van der Waals surface area contributed by atoms with Crippen LogP contribution in [0.5, 0.6) is 0 Å². The zero-order chi connectivity index (χ0) is 6.41. The fourth-order valence-electron chi connectivity index (χ4n) is 0.417. The first kappa shape index (κ1) is 8.50. The van der Waals surface area contributed by atoms with Crippen molar-refractivity contribution >= 4 is 23.4 Å². The van der Waals surface area contributed by atoms with Crippen LogP contribution in [-0.2, 0) is 10.8 Å². The zero-order valence-corrected chi connectivity index (χ0v) is 6.80. The van der Waals surface area contributed by atoms with Gasteiger partial charge in [-0.3, -0.25) is 4.21 Å². The Morgan fingerprint density at radius 3 is 2.50 bits per heavy atom. The minimum atomic E-state index is -0.601. The molecule has 0 aliphatic carbocycles. The molecular weight excluding hydrogens is 140 g/mol. The topological polar surface area (TPSA) is 17.1 Å². The molecule has 0 fully saturated rings. The van der Waals surface area contributed by atoms with Gasteiger partial charge in [-0.2, -0.15) is 12.6 Å². The van der Waals surface area contributed by atoms with E-state index < -0.39 is 10.8 Å². The van der Waals surface area contributed by atoms with E-state index in [1.165, 1.54) is 0 Å². The summed E-state index contributed by atoms with van der Waals surface area (Å²) in [5.41, 5.74) is 0. The highest BCUT2D eigenvalue weighted by molar-refractivity contribution is 7.84. The Balaban J connectivity index is 2.82. The van der Waals surface area contributed by atoms with Crippen molar-refractivity contribution in [2.24, 2.45) is 0 Å². The van der Waals surface area contributed by atoms with Crippen molar-refractivity contribution in [1.29, 1.82) is 0 Å². The second-order valence-corrected chi connectivity index (χ2v) is 3.71. The molecule has 0 aromatic heterocycles. The molecule has 1 nitrogen and oxygen atoms in total. The second-order valence-electron chi connectivity index (χ2n) is 1.71. The van der Waals surface area contributed by atoms with Crippen molar-refractivity contribution in [2.75, 3.05) is 17.8 Å². The zero-order valence-electron chi connectivity index (χ0n) is 5.09. The van der Waals surface area contributed by atoms with Gasteiger partial charge in [0, 0.05) is 22.8 Å². The van der Waals surface area contributed by atoms with E-state index in [-0.39, 0.29) is 0 Å². The number of unbranched alkanes of at least 4 members (excludes halogenated alkanes) is 1. The van der Waals surface area contributed by atoms with Gasteiger partial charge >= 0.3 is 0 Å². The molecule has 1 atom stereocenters. The van der Waals surface area contributed by atoms with E-state index in [0.717, 1.165) is 24.3 Å². The predicted octanol–water partition coefficient (Wildman–Crippen LogP) is 1.07. The lowest BCUT2D eigenvalue weighted by Crippen LogP contribution is -1.93. The fraction of sp³-hybridized carbons (Fsp3) is 1.00. The Labute approximate surface area is 58.7 Å². The summed E-state index contributed by atoms with van der Waals surface area (Å²) >= 11 is 4.02. The summed E-state index contributed by atoms with van der Waals surface area (Å²) in [6, 6.07) is 0. The third-order valence-electron chi connectivity index (χ3n) is 0.840. The van der Waals surface area contributed by atoms with Crippen molar-refractivity contribution in [1.82, 2.24) is 0 Å². The number of rotatable bonds is 4. The number of thiol groups is 1. The molecule has 8 heavy (non-hydrogen) atoms. The van der Waals surface area contributed by atoms with Crippen LogP contribution in [0.2, 0.25) is 0 Å². The Morgan fingerprint density at radius 1 is 1.50 bits per heavy atom. The number of hydrogen-bond donors (Lipinski definition) is 1. The monoisotopic (exact) mass is 152 g/mol. The van der Waals surface area contributed by atoms with Crippen LogP contribution >= 0.6 is 12.6 Å². The van der Waals surface area contributed by atoms with Gasteiger partial charge in [0.2, 0.25) is 0 Å². The van der Waals surface area contributed by atoms with E-state index in [2.05, 4.69) is 12.6 Å². The molecule has 0 bridgehead atoms. The predicted molar refractivity (Wildman–Crippen MR) is 42.0 cm³/mol. The van der Waals surface area contributed by atoms with Crippen LogP contribution in [-0.4, -0.2) is 22.0 Å². The van der Waals surface area contributed by atoms with Gasteiger partial charge in [0.25, 0.3) is 0 Å². The van der Waals surface area contributed by atoms with Crippen LogP contribution in [0.15, 0.2) is 0 Å². The maximum absolute atomic E-state index is 10.4. The molecule has 0 N–H and O–H groups in total. The largest absolute Gasteiger partial charge is 0.260 e. The van der Waals surface area contributed by atoms with Gasteiger partial charge in [-0.15, -0.1) is 0 Å². The molecule has 0 aliphatic heterocycles. The standard InChI is InChI=1S/C5H12OS2/c1-8(6)5-3-2-4-7/h7H,2-5H2,1H3. The van der Waals surface area contributed by atoms with E-state index in [9.17, 15) is 4.21 Å². The summed E-state index contributed by atoms with van der Waals surface area (Å²) in [6.45, 7) is 0. The van der Waals surface area contributed by atoms with Crippen LogP contribution in [0.3, 0.4) is 0 Å². The quantitative estimate of drug-likeness (QED) is 0.471. The van der Waals surface area contributed by atoms with Crippen LogP contribution in [0, 0.1) is 0 Å². The van der Waals surface area contributed by atoms with Crippen molar-refractivity contribution < 1.29 is 4.21 Å². The van der Waals surface area contributed by atoms with Crippen LogP contribution in [0.25, 0.3) is 0 Å². The average Bonchev–Trinajstić information content (AvgIpc) is 1.66. The summed E-state index contributed by atoms with van der Waals surface area (Å²) in [5, 5.41) is 0. The summed E-state index contributed by atoms with van der Waals surface area (Å²) in [4.78, 5) is 0. The molecule has 0 radical (unpaired) electrons. The molecule has 1 unspecified atom stereocenters. The van der Waals surface area contributed by atoms with Gasteiger partial charge in [0.1, 0.15) is 0 Å². The smallest absolute Gasteiger partial charge is 0.0232 e. The first-order chi connectivity index (χ1) is 3.77.